The number of hydrogen-bond donors (Lipinski definition) is 1. The fraction of sp³-hybridized carbons (Fsp3) is 0.786. The van der Waals surface area contributed by atoms with Gasteiger partial charge in [-0.05, 0) is 32.6 Å². The molecule has 2 N–H and O–H groups in total. The van der Waals surface area contributed by atoms with E-state index in [1.807, 2.05) is 6.21 Å². The second-order valence-electron chi connectivity index (χ2n) is 4.66. The smallest absolute Gasteiger partial charge is 0.102 e. The molecule has 3 nitrogen and oxygen atoms in total. The monoisotopic (exact) mass is 237 g/mol. The molecule has 1 unspecified atom stereocenters. The van der Waals surface area contributed by atoms with Crippen LogP contribution in [0.2, 0.25) is 0 Å². The Balaban J connectivity index is 2.00. The largest absolute Gasteiger partial charge is 0.329 e. The van der Waals surface area contributed by atoms with Crippen LogP contribution in [0.1, 0.15) is 45.4 Å². The summed E-state index contributed by atoms with van der Waals surface area (Å²) in [5.41, 5.74) is 5.59. The maximum atomic E-state index is 5.59. The molecule has 0 aromatic heterocycles. The maximum absolute atomic E-state index is 5.59. The predicted molar refractivity (Wildman–Crippen MR) is 75.4 cm³/mol. The zero-order valence-corrected chi connectivity index (χ0v) is 11.1. The molecule has 0 aromatic carbocycles. The van der Waals surface area contributed by atoms with E-state index >= 15 is 0 Å². The van der Waals surface area contributed by atoms with E-state index < -0.39 is 0 Å². The molecular weight excluding hydrogens is 210 g/mol. The summed E-state index contributed by atoms with van der Waals surface area (Å²) in [4.78, 5) is 6.89. The van der Waals surface area contributed by atoms with Gasteiger partial charge in [0, 0.05) is 25.8 Å². The summed E-state index contributed by atoms with van der Waals surface area (Å²) < 4.78 is 0. The van der Waals surface area contributed by atoms with Gasteiger partial charge < -0.3 is 5.73 Å². The number of nitrogens with two attached hydrogens (primary N) is 1. The molecule has 98 valence electrons. The zero-order valence-electron chi connectivity index (χ0n) is 11.1. The molecule has 1 rings (SSSR count). The van der Waals surface area contributed by atoms with Crippen LogP contribution in [0.15, 0.2) is 17.1 Å². The maximum Gasteiger partial charge on any atom is 0.102 e. The average molecular weight is 237 g/mol. The first-order valence-corrected chi connectivity index (χ1v) is 6.95. The fourth-order valence-corrected chi connectivity index (χ4v) is 2.26. The van der Waals surface area contributed by atoms with Crippen LogP contribution in [0.25, 0.3) is 0 Å². The summed E-state index contributed by atoms with van der Waals surface area (Å²) in [6.07, 6.45) is 14.6. The molecule has 0 aliphatic carbocycles. The van der Waals surface area contributed by atoms with Crippen LogP contribution in [0.4, 0.5) is 0 Å². The minimum atomic E-state index is 0.411. The lowest BCUT2D eigenvalue weighted by atomic mass is 10.1. The Morgan fingerprint density at radius 2 is 2.18 bits per heavy atom. The van der Waals surface area contributed by atoms with Crippen LogP contribution < -0.4 is 5.73 Å². The van der Waals surface area contributed by atoms with Gasteiger partial charge in [-0.25, -0.2) is 0 Å². The number of aliphatic imine (C=N–C) groups is 1. The minimum absolute atomic E-state index is 0.411. The first kappa shape index (κ1) is 14.4. The summed E-state index contributed by atoms with van der Waals surface area (Å²) >= 11 is 0. The van der Waals surface area contributed by atoms with E-state index in [0.29, 0.717) is 6.17 Å². The molecule has 0 amide bonds. The normalized spacial score (nSPS) is 20.7. The first-order chi connectivity index (χ1) is 8.38. The summed E-state index contributed by atoms with van der Waals surface area (Å²) in [6, 6.07) is 0. The molecule has 0 radical (unpaired) electrons. The van der Waals surface area contributed by atoms with E-state index in [1.165, 1.54) is 38.5 Å². The molecule has 0 spiro atoms. The van der Waals surface area contributed by atoms with Crippen LogP contribution in [-0.4, -0.2) is 36.9 Å². The molecule has 3 heteroatoms. The molecule has 1 aliphatic rings. The Labute approximate surface area is 106 Å². The number of unbranched alkanes of at least 4 members (excludes halogenated alkanes) is 4. The number of nitrogens with zero attached hydrogens (tertiary/aromatic N) is 2. The van der Waals surface area contributed by atoms with Crippen molar-refractivity contribution in [3.8, 4) is 0 Å². The van der Waals surface area contributed by atoms with Crippen molar-refractivity contribution < 1.29 is 0 Å². The van der Waals surface area contributed by atoms with Crippen molar-refractivity contribution in [3.05, 3.63) is 12.2 Å². The molecule has 1 aliphatic heterocycles. The molecule has 0 saturated heterocycles. The molecule has 0 fully saturated rings. The van der Waals surface area contributed by atoms with E-state index in [4.69, 9.17) is 5.73 Å². The van der Waals surface area contributed by atoms with Crippen LogP contribution in [0, 0.1) is 0 Å². The fourth-order valence-electron chi connectivity index (χ4n) is 2.26. The quantitative estimate of drug-likeness (QED) is 0.494. The van der Waals surface area contributed by atoms with Gasteiger partial charge in [0.2, 0.25) is 0 Å². The van der Waals surface area contributed by atoms with Crippen molar-refractivity contribution in [3.63, 3.8) is 0 Å². The minimum Gasteiger partial charge on any atom is -0.329 e. The Morgan fingerprint density at radius 3 is 2.94 bits per heavy atom. The van der Waals surface area contributed by atoms with Gasteiger partial charge in [-0.3, -0.25) is 9.89 Å². The first-order valence-electron chi connectivity index (χ1n) is 6.95. The Hall–Kier alpha value is -0.670. The lowest BCUT2D eigenvalue weighted by molar-refractivity contribution is 0.241. The molecule has 1 heterocycles. The SMILES string of the molecule is C/C=C/CCCCCCC1N=CCN1CCN. The third-order valence-corrected chi connectivity index (χ3v) is 3.25. The molecular formula is C14H27N3. The summed E-state index contributed by atoms with van der Waals surface area (Å²) in [6.45, 7) is 4.79. The molecule has 17 heavy (non-hydrogen) atoms. The standard InChI is InChI=1S/C14H27N3/c1-2-3-4-5-6-7-8-9-14-16-11-13-17(14)12-10-15/h2-3,11,14H,4-10,12-13,15H2,1H3/b3-2+. The highest BCUT2D eigenvalue weighted by Crippen LogP contribution is 2.15. The van der Waals surface area contributed by atoms with E-state index in [-0.39, 0.29) is 0 Å². The van der Waals surface area contributed by atoms with Crippen molar-refractivity contribution in [2.75, 3.05) is 19.6 Å². The summed E-state index contributed by atoms with van der Waals surface area (Å²) in [7, 11) is 0. The van der Waals surface area contributed by atoms with E-state index in [9.17, 15) is 0 Å². The van der Waals surface area contributed by atoms with E-state index in [0.717, 1.165) is 19.6 Å². The van der Waals surface area contributed by atoms with Crippen molar-refractivity contribution >= 4 is 6.21 Å². The van der Waals surface area contributed by atoms with Gasteiger partial charge in [0.05, 0.1) is 0 Å². The van der Waals surface area contributed by atoms with E-state index in [1.54, 1.807) is 0 Å². The van der Waals surface area contributed by atoms with Crippen molar-refractivity contribution in [2.45, 2.75) is 51.6 Å². The van der Waals surface area contributed by atoms with Crippen LogP contribution in [0.5, 0.6) is 0 Å². The third kappa shape index (κ3) is 5.99. The van der Waals surface area contributed by atoms with Crippen molar-refractivity contribution in [1.82, 2.24) is 4.90 Å². The van der Waals surface area contributed by atoms with Gasteiger partial charge in [-0.15, -0.1) is 0 Å². The molecule has 0 saturated carbocycles. The third-order valence-electron chi connectivity index (χ3n) is 3.25. The number of hydrogen-bond acceptors (Lipinski definition) is 3. The summed E-state index contributed by atoms with van der Waals surface area (Å²) in [5.74, 6) is 0. The Morgan fingerprint density at radius 1 is 1.35 bits per heavy atom. The highest BCUT2D eigenvalue weighted by Gasteiger charge is 2.18. The highest BCUT2D eigenvalue weighted by molar-refractivity contribution is 5.62. The van der Waals surface area contributed by atoms with Gasteiger partial charge in [0.1, 0.15) is 6.17 Å². The zero-order chi connectivity index (χ0) is 12.3. The predicted octanol–water partition coefficient (Wildman–Crippen LogP) is 2.57. The number of allylic oxidation sites excluding steroid dienone is 2. The molecule has 1 atom stereocenters. The molecule has 0 bridgehead atoms. The molecule has 0 aromatic rings. The van der Waals surface area contributed by atoms with Gasteiger partial charge in [-0.1, -0.05) is 25.0 Å². The van der Waals surface area contributed by atoms with Gasteiger partial charge >= 0.3 is 0 Å². The Kier molecular flexibility index (Phi) is 7.93. The van der Waals surface area contributed by atoms with Gasteiger partial charge in [0.25, 0.3) is 0 Å². The lowest BCUT2D eigenvalue weighted by Crippen LogP contribution is -2.34. The van der Waals surface area contributed by atoms with Gasteiger partial charge in [0.15, 0.2) is 0 Å². The Bertz CT molecular complexity index is 236. The topological polar surface area (TPSA) is 41.6 Å². The highest BCUT2D eigenvalue weighted by atomic mass is 15.3. The van der Waals surface area contributed by atoms with E-state index in [2.05, 4.69) is 29.0 Å². The van der Waals surface area contributed by atoms with Crippen LogP contribution in [0.3, 0.4) is 0 Å². The van der Waals surface area contributed by atoms with Crippen molar-refractivity contribution in [2.24, 2.45) is 10.7 Å². The second kappa shape index (κ2) is 9.37. The van der Waals surface area contributed by atoms with Crippen LogP contribution in [-0.2, 0) is 0 Å². The summed E-state index contributed by atoms with van der Waals surface area (Å²) in [5, 5.41) is 0. The van der Waals surface area contributed by atoms with Crippen molar-refractivity contribution in [1.29, 1.82) is 0 Å². The lowest BCUT2D eigenvalue weighted by Gasteiger charge is -2.21. The average Bonchev–Trinajstić information content (AvgIpc) is 2.76. The number of rotatable bonds is 9. The van der Waals surface area contributed by atoms with Crippen LogP contribution >= 0.6 is 0 Å². The van der Waals surface area contributed by atoms with Gasteiger partial charge in [-0.2, -0.15) is 0 Å². The second-order valence-corrected chi connectivity index (χ2v) is 4.66.